The number of ether oxygens (including phenoxy) is 2. The molecule has 2 aromatic carbocycles. The zero-order valence-electron chi connectivity index (χ0n) is 13.7. The molecule has 0 aliphatic heterocycles. The second-order valence-corrected chi connectivity index (χ2v) is 5.91. The molecule has 3 nitrogen and oxygen atoms in total. The van der Waals surface area contributed by atoms with Crippen molar-refractivity contribution >= 4 is 0 Å². The van der Waals surface area contributed by atoms with Gasteiger partial charge in [-0.3, -0.25) is 5.32 Å². The number of hydrogen-bond donors (Lipinski definition) is 1. The van der Waals surface area contributed by atoms with E-state index in [0.29, 0.717) is 0 Å². The van der Waals surface area contributed by atoms with Crippen molar-refractivity contribution in [3.05, 3.63) is 66.2 Å². The lowest BCUT2D eigenvalue weighted by molar-refractivity contribution is -0.118. The third kappa shape index (κ3) is 4.86. The molecular formula is C19H25NO2. The zero-order chi connectivity index (χ0) is 16.0. The average Bonchev–Trinajstić information content (AvgIpc) is 2.48. The molecule has 3 heteroatoms. The maximum atomic E-state index is 5.88. The van der Waals surface area contributed by atoms with Crippen LogP contribution in [0.1, 0.15) is 33.3 Å². The zero-order valence-corrected chi connectivity index (χ0v) is 13.7. The molecule has 0 spiro atoms. The summed E-state index contributed by atoms with van der Waals surface area (Å²) >= 11 is 0. The minimum absolute atomic E-state index is 0.131. The first-order valence-electron chi connectivity index (χ1n) is 7.68. The highest BCUT2D eigenvalue weighted by Gasteiger charge is 2.23. The van der Waals surface area contributed by atoms with Gasteiger partial charge in [-0.1, -0.05) is 48.5 Å². The number of benzene rings is 2. The van der Waals surface area contributed by atoms with Gasteiger partial charge in [0.1, 0.15) is 12.0 Å². The summed E-state index contributed by atoms with van der Waals surface area (Å²) in [4.78, 5) is 0. The summed E-state index contributed by atoms with van der Waals surface area (Å²) in [6, 6.07) is 20.0. The third-order valence-electron chi connectivity index (χ3n) is 3.50. The maximum Gasteiger partial charge on any atom is 0.198 e. The van der Waals surface area contributed by atoms with E-state index in [1.54, 1.807) is 0 Å². The topological polar surface area (TPSA) is 30.5 Å². The Morgan fingerprint density at radius 3 is 2.00 bits per heavy atom. The van der Waals surface area contributed by atoms with Crippen molar-refractivity contribution < 1.29 is 9.47 Å². The lowest BCUT2D eigenvalue weighted by Gasteiger charge is -2.32. The van der Waals surface area contributed by atoms with Gasteiger partial charge in [-0.05, 0) is 45.4 Å². The van der Waals surface area contributed by atoms with Crippen molar-refractivity contribution in [1.29, 1.82) is 0 Å². The normalized spacial score (nSPS) is 14.4. The van der Waals surface area contributed by atoms with Gasteiger partial charge in [0, 0.05) is 5.54 Å². The minimum atomic E-state index is -0.323. The van der Waals surface area contributed by atoms with Crippen molar-refractivity contribution in [3.63, 3.8) is 0 Å². The highest BCUT2D eigenvalue weighted by Crippen LogP contribution is 2.21. The van der Waals surface area contributed by atoms with E-state index in [0.717, 1.165) is 5.75 Å². The van der Waals surface area contributed by atoms with Crippen molar-refractivity contribution in [3.8, 4) is 5.75 Å². The summed E-state index contributed by atoms with van der Waals surface area (Å²) in [6.45, 7) is 8.19. The van der Waals surface area contributed by atoms with Crippen molar-refractivity contribution in [2.24, 2.45) is 0 Å². The third-order valence-corrected chi connectivity index (χ3v) is 3.50. The van der Waals surface area contributed by atoms with E-state index in [4.69, 9.17) is 9.47 Å². The van der Waals surface area contributed by atoms with Crippen LogP contribution in [0.5, 0.6) is 5.75 Å². The minimum Gasteiger partial charge on any atom is -0.465 e. The molecule has 0 aliphatic carbocycles. The van der Waals surface area contributed by atoms with Crippen LogP contribution in [0.25, 0.3) is 0 Å². The fraction of sp³-hybridized carbons (Fsp3) is 0.368. The molecule has 0 aromatic heterocycles. The molecule has 1 N–H and O–H groups in total. The molecular weight excluding hydrogens is 274 g/mol. The van der Waals surface area contributed by atoms with Crippen LogP contribution in [0.4, 0.5) is 0 Å². The Morgan fingerprint density at radius 1 is 0.864 bits per heavy atom. The van der Waals surface area contributed by atoms with E-state index in [2.05, 4.69) is 31.3 Å². The Labute approximate surface area is 133 Å². The predicted molar refractivity (Wildman–Crippen MR) is 89.7 cm³/mol. The summed E-state index contributed by atoms with van der Waals surface area (Å²) in [6.07, 6.45) is -0.453. The number of nitrogens with one attached hydrogen (secondary N) is 1. The second-order valence-electron chi connectivity index (χ2n) is 5.91. The van der Waals surface area contributed by atoms with Crippen molar-refractivity contribution in [1.82, 2.24) is 5.32 Å². The molecule has 0 heterocycles. The molecule has 0 bridgehead atoms. The number of rotatable bonds is 7. The van der Waals surface area contributed by atoms with Crippen LogP contribution < -0.4 is 10.1 Å². The quantitative estimate of drug-likeness (QED) is 0.773. The monoisotopic (exact) mass is 299 g/mol. The van der Waals surface area contributed by atoms with E-state index in [9.17, 15) is 0 Å². The molecule has 0 saturated carbocycles. The first-order valence-corrected chi connectivity index (χ1v) is 7.68. The predicted octanol–water partition coefficient (Wildman–Crippen LogP) is 4.30. The lowest BCUT2D eigenvalue weighted by atomic mass is 9.94. The van der Waals surface area contributed by atoms with Crippen LogP contribution in [0.2, 0.25) is 0 Å². The standard InChI is InChI=1S/C19H25NO2/c1-15(20-19(3,4)17-11-7-5-8-12-17)21-16(2)22-18-13-9-6-10-14-18/h5-16,20H,1-4H3. The van der Waals surface area contributed by atoms with Crippen LogP contribution in [0.3, 0.4) is 0 Å². The molecule has 0 saturated heterocycles. The molecule has 118 valence electrons. The van der Waals surface area contributed by atoms with Gasteiger partial charge in [0.2, 0.25) is 0 Å². The van der Waals surface area contributed by atoms with Gasteiger partial charge in [-0.25, -0.2) is 0 Å². The summed E-state index contributed by atoms with van der Waals surface area (Å²) in [5.41, 5.74) is 1.05. The number of para-hydroxylation sites is 1. The molecule has 2 atom stereocenters. The Hall–Kier alpha value is -1.84. The van der Waals surface area contributed by atoms with Gasteiger partial charge in [0.25, 0.3) is 0 Å². The highest BCUT2D eigenvalue weighted by molar-refractivity contribution is 5.22. The van der Waals surface area contributed by atoms with E-state index in [1.807, 2.05) is 62.4 Å². The Morgan fingerprint density at radius 2 is 1.41 bits per heavy atom. The first kappa shape index (κ1) is 16.5. The average molecular weight is 299 g/mol. The fourth-order valence-corrected chi connectivity index (χ4v) is 2.49. The summed E-state index contributed by atoms with van der Waals surface area (Å²) in [5.74, 6) is 0.810. The van der Waals surface area contributed by atoms with Gasteiger partial charge < -0.3 is 9.47 Å². The Kier molecular flexibility index (Phi) is 5.58. The van der Waals surface area contributed by atoms with Gasteiger partial charge in [-0.15, -0.1) is 0 Å². The SMILES string of the molecule is CC(NC(C)(C)c1ccccc1)OC(C)Oc1ccccc1. The van der Waals surface area contributed by atoms with Crippen LogP contribution in [0.15, 0.2) is 60.7 Å². The molecule has 0 fully saturated rings. The summed E-state index contributed by atoms with van der Waals surface area (Å²) in [7, 11) is 0. The summed E-state index contributed by atoms with van der Waals surface area (Å²) < 4.78 is 11.6. The largest absolute Gasteiger partial charge is 0.465 e. The van der Waals surface area contributed by atoms with Gasteiger partial charge in [-0.2, -0.15) is 0 Å². The first-order chi connectivity index (χ1) is 10.5. The number of hydrogen-bond acceptors (Lipinski definition) is 3. The van der Waals surface area contributed by atoms with E-state index < -0.39 is 0 Å². The molecule has 2 rings (SSSR count). The second kappa shape index (κ2) is 7.43. The molecule has 0 amide bonds. The molecule has 22 heavy (non-hydrogen) atoms. The summed E-state index contributed by atoms with van der Waals surface area (Å²) in [5, 5.41) is 3.49. The Bertz CT molecular complexity index is 554. The van der Waals surface area contributed by atoms with Gasteiger partial charge in [0.05, 0.1) is 0 Å². The molecule has 2 aromatic rings. The van der Waals surface area contributed by atoms with Crippen LogP contribution in [0, 0.1) is 0 Å². The van der Waals surface area contributed by atoms with Gasteiger partial charge in [0.15, 0.2) is 6.29 Å². The highest BCUT2D eigenvalue weighted by atomic mass is 16.7. The van der Waals surface area contributed by atoms with Gasteiger partial charge >= 0.3 is 0 Å². The van der Waals surface area contributed by atoms with Crippen molar-refractivity contribution in [2.45, 2.75) is 45.8 Å². The van der Waals surface area contributed by atoms with Crippen LogP contribution >= 0.6 is 0 Å². The maximum absolute atomic E-state index is 5.88. The van der Waals surface area contributed by atoms with Crippen molar-refractivity contribution in [2.75, 3.05) is 0 Å². The van der Waals surface area contributed by atoms with Crippen LogP contribution in [-0.2, 0) is 10.3 Å². The Balaban J connectivity index is 1.88. The molecule has 2 unspecified atom stereocenters. The fourth-order valence-electron chi connectivity index (χ4n) is 2.49. The lowest BCUT2D eigenvalue weighted by Crippen LogP contribution is -2.45. The molecule has 0 aliphatic rings. The van der Waals surface area contributed by atoms with E-state index in [-0.39, 0.29) is 18.1 Å². The van der Waals surface area contributed by atoms with Crippen LogP contribution in [-0.4, -0.2) is 12.5 Å². The van der Waals surface area contributed by atoms with E-state index >= 15 is 0 Å². The smallest absolute Gasteiger partial charge is 0.198 e. The molecule has 0 radical (unpaired) electrons. The van der Waals surface area contributed by atoms with E-state index in [1.165, 1.54) is 5.56 Å².